The van der Waals surface area contributed by atoms with E-state index in [-0.39, 0.29) is 5.56 Å². The summed E-state index contributed by atoms with van der Waals surface area (Å²) in [6, 6.07) is 10.2. The van der Waals surface area contributed by atoms with Gasteiger partial charge in [-0.3, -0.25) is 4.79 Å². The van der Waals surface area contributed by atoms with Crippen molar-refractivity contribution in [2.24, 2.45) is 0 Å². The van der Waals surface area contributed by atoms with Crippen LogP contribution in [0.5, 0.6) is 0 Å². The number of benzene rings is 1. The highest BCUT2D eigenvalue weighted by Crippen LogP contribution is 2.25. The van der Waals surface area contributed by atoms with Crippen molar-refractivity contribution in [2.45, 2.75) is 36.4 Å². The zero-order valence-corrected chi connectivity index (χ0v) is 12.5. The van der Waals surface area contributed by atoms with E-state index in [0.717, 1.165) is 17.9 Å². The minimum absolute atomic E-state index is 0.127. The summed E-state index contributed by atoms with van der Waals surface area (Å²) in [5.74, 6) is 0. The lowest BCUT2D eigenvalue weighted by Gasteiger charge is -2.16. The second kappa shape index (κ2) is 7.26. The molecule has 0 radical (unpaired) electrons. The third-order valence-corrected chi connectivity index (χ3v) is 3.91. The molecule has 0 spiro atoms. The van der Waals surface area contributed by atoms with Crippen molar-refractivity contribution in [2.75, 3.05) is 6.54 Å². The Kier molecular flexibility index (Phi) is 5.38. The molecule has 0 aliphatic rings. The first-order chi connectivity index (χ1) is 9.72. The smallest absolute Gasteiger partial charge is 0.251 e. The molecule has 20 heavy (non-hydrogen) atoms. The van der Waals surface area contributed by atoms with E-state index in [9.17, 15) is 4.79 Å². The summed E-state index contributed by atoms with van der Waals surface area (Å²) in [4.78, 5) is 19.1. The Bertz CT molecular complexity index is 595. The Hall–Kier alpha value is -1.59. The summed E-state index contributed by atoms with van der Waals surface area (Å²) in [7, 11) is 0. The molecule has 0 aliphatic heterocycles. The number of hydrogen-bond acceptors (Lipinski definition) is 4. The van der Waals surface area contributed by atoms with E-state index >= 15 is 0 Å². The summed E-state index contributed by atoms with van der Waals surface area (Å²) in [6.07, 6.45) is 2.59. The second-order valence-electron chi connectivity index (χ2n) is 4.43. The van der Waals surface area contributed by atoms with Crippen LogP contribution >= 0.6 is 11.8 Å². The molecule has 0 aliphatic carbocycles. The van der Waals surface area contributed by atoms with Gasteiger partial charge < -0.3 is 10.3 Å². The molecule has 2 rings (SSSR count). The minimum atomic E-state index is -0.127. The van der Waals surface area contributed by atoms with Crippen molar-refractivity contribution in [3.8, 4) is 0 Å². The highest BCUT2D eigenvalue weighted by atomic mass is 32.2. The maximum atomic E-state index is 11.2. The van der Waals surface area contributed by atoms with E-state index in [2.05, 4.69) is 53.4 Å². The third kappa shape index (κ3) is 3.95. The van der Waals surface area contributed by atoms with Gasteiger partial charge in [0, 0.05) is 23.2 Å². The molecule has 1 heterocycles. The zero-order valence-electron chi connectivity index (χ0n) is 11.7. The summed E-state index contributed by atoms with van der Waals surface area (Å²) in [5, 5.41) is 4.07. The molecule has 4 nitrogen and oxygen atoms in total. The topological polar surface area (TPSA) is 57.8 Å². The van der Waals surface area contributed by atoms with Gasteiger partial charge >= 0.3 is 0 Å². The Labute approximate surface area is 123 Å². The standard InChI is InChI=1S/C15H19N3OS/c1-3-13(16-4-2)11-5-7-12(8-6-11)20-15-17-10-9-14(19)18-15/h5-10,13,16H,3-4H2,1-2H3,(H,17,18,19). The van der Waals surface area contributed by atoms with E-state index in [1.54, 1.807) is 0 Å². The van der Waals surface area contributed by atoms with Gasteiger partial charge in [0.25, 0.3) is 5.56 Å². The monoisotopic (exact) mass is 289 g/mol. The number of aromatic nitrogens is 2. The molecule has 2 N–H and O–H groups in total. The fourth-order valence-corrected chi connectivity index (χ4v) is 2.79. The molecule has 1 atom stereocenters. The summed E-state index contributed by atoms with van der Waals surface area (Å²) >= 11 is 1.46. The summed E-state index contributed by atoms with van der Waals surface area (Å²) in [6.45, 7) is 5.25. The number of aromatic amines is 1. The lowest BCUT2D eigenvalue weighted by atomic mass is 10.1. The lowest BCUT2D eigenvalue weighted by Crippen LogP contribution is -2.19. The maximum Gasteiger partial charge on any atom is 0.251 e. The summed E-state index contributed by atoms with van der Waals surface area (Å²) in [5.41, 5.74) is 1.16. The molecule has 5 heteroatoms. The first kappa shape index (κ1) is 14.8. The highest BCUT2D eigenvalue weighted by molar-refractivity contribution is 7.99. The Morgan fingerprint density at radius 2 is 2.00 bits per heavy atom. The van der Waals surface area contributed by atoms with Gasteiger partial charge in [-0.2, -0.15) is 0 Å². The van der Waals surface area contributed by atoms with E-state index in [1.807, 2.05) is 0 Å². The number of hydrogen-bond donors (Lipinski definition) is 2. The van der Waals surface area contributed by atoms with Gasteiger partial charge in [0.15, 0.2) is 5.16 Å². The van der Waals surface area contributed by atoms with Crippen LogP contribution in [0.15, 0.2) is 51.4 Å². The van der Waals surface area contributed by atoms with Crippen molar-refractivity contribution in [3.63, 3.8) is 0 Å². The van der Waals surface area contributed by atoms with Gasteiger partial charge in [0.2, 0.25) is 0 Å². The SMILES string of the molecule is CCNC(CC)c1ccc(Sc2nccc(=O)[nH]2)cc1. The van der Waals surface area contributed by atoms with Crippen LogP contribution in [0.1, 0.15) is 31.9 Å². The van der Waals surface area contributed by atoms with Gasteiger partial charge in [-0.25, -0.2) is 4.98 Å². The number of H-pyrrole nitrogens is 1. The van der Waals surface area contributed by atoms with Crippen molar-refractivity contribution in [1.82, 2.24) is 15.3 Å². The second-order valence-corrected chi connectivity index (χ2v) is 5.49. The van der Waals surface area contributed by atoms with Crippen LogP contribution in [0.3, 0.4) is 0 Å². The molecule has 2 aromatic rings. The van der Waals surface area contributed by atoms with Gasteiger partial charge in [0.05, 0.1) is 0 Å². The Balaban J connectivity index is 2.10. The molecule has 1 unspecified atom stereocenters. The van der Waals surface area contributed by atoms with Gasteiger partial charge in [-0.15, -0.1) is 0 Å². The van der Waals surface area contributed by atoms with Crippen LogP contribution in [0.4, 0.5) is 0 Å². The average Bonchev–Trinajstić information content (AvgIpc) is 2.46. The van der Waals surface area contributed by atoms with Gasteiger partial charge in [0.1, 0.15) is 0 Å². The summed E-state index contributed by atoms with van der Waals surface area (Å²) < 4.78 is 0. The van der Waals surface area contributed by atoms with Crippen LogP contribution in [-0.4, -0.2) is 16.5 Å². The first-order valence-corrected chi connectivity index (χ1v) is 7.61. The minimum Gasteiger partial charge on any atom is -0.310 e. The van der Waals surface area contributed by atoms with Crippen LogP contribution in [0.25, 0.3) is 0 Å². The molecule has 0 amide bonds. The van der Waals surface area contributed by atoms with Crippen molar-refractivity contribution < 1.29 is 0 Å². The molecule has 0 bridgehead atoms. The Morgan fingerprint density at radius 3 is 2.60 bits per heavy atom. The van der Waals surface area contributed by atoms with Crippen molar-refractivity contribution >= 4 is 11.8 Å². The Morgan fingerprint density at radius 1 is 1.25 bits per heavy atom. The molecular formula is C15H19N3OS. The molecular weight excluding hydrogens is 270 g/mol. The molecule has 1 aromatic carbocycles. The van der Waals surface area contributed by atoms with Crippen molar-refractivity contribution in [1.29, 1.82) is 0 Å². The van der Waals surface area contributed by atoms with Crippen molar-refractivity contribution in [3.05, 3.63) is 52.4 Å². The van der Waals surface area contributed by atoms with Crippen LogP contribution < -0.4 is 10.9 Å². The third-order valence-electron chi connectivity index (χ3n) is 3.00. The zero-order chi connectivity index (χ0) is 14.4. The highest BCUT2D eigenvalue weighted by Gasteiger charge is 2.07. The fourth-order valence-electron chi connectivity index (χ4n) is 2.03. The number of nitrogens with zero attached hydrogens (tertiary/aromatic N) is 1. The quantitative estimate of drug-likeness (QED) is 0.803. The largest absolute Gasteiger partial charge is 0.310 e. The molecule has 1 aromatic heterocycles. The van der Waals surface area contributed by atoms with Crippen LogP contribution in [0, 0.1) is 0 Å². The predicted molar refractivity (Wildman–Crippen MR) is 82.1 cm³/mol. The van der Waals surface area contributed by atoms with Crippen LogP contribution in [-0.2, 0) is 0 Å². The van der Waals surface area contributed by atoms with E-state index < -0.39 is 0 Å². The predicted octanol–water partition coefficient (Wildman–Crippen LogP) is 2.98. The van der Waals surface area contributed by atoms with E-state index in [0.29, 0.717) is 11.2 Å². The van der Waals surface area contributed by atoms with Gasteiger partial charge in [-0.1, -0.05) is 37.7 Å². The number of rotatable bonds is 6. The molecule has 0 saturated heterocycles. The average molecular weight is 289 g/mol. The van der Waals surface area contributed by atoms with Gasteiger partial charge in [-0.05, 0) is 30.7 Å². The number of nitrogens with one attached hydrogen (secondary N) is 2. The molecule has 0 saturated carbocycles. The van der Waals surface area contributed by atoms with E-state index in [4.69, 9.17) is 0 Å². The van der Waals surface area contributed by atoms with E-state index in [1.165, 1.54) is 29.6 Å². The molecule has 106 valence electrons. The molecule has 0 fully saturated rings. The fraction of sp³-hybridized carbons (Fsp3) is 0.333. The lowest BCUT2D eigenvalue weighted by molar-refractivity contribution is 0.537. The van der Waals surface area contributed by atoms with Crippen LogP contribution in [0.2, 0.25) is 0 Å². The first-order valence-electron chi connectivity index (χ1n) is 6.79. The normalized spacial score (nSPS) is 12.3. The maximum absolute atomic E-state index is 11.2.